The largest absolute Gasteiger partial charge is 2.00 e. The van der Waals surface area contributed by atoms with Crippen molar-refractivity contribution in [2.75, 3.05) is 13.2 Å². The van der Waals surface area contributed by atoms with Crippen LogP contribution in [-0.4, -0.2) is 36.3 Å². The number of hydrogen-bond acceptors (Lipinski definition) is 8. The molecule has 0 aliphatic carbocycles. The minimum atomic E-state index is -4.76. The number of phosphoric ester groups is 2. The van der Waals surface area contributed by atoms with Gasteiger partial charge in [0, 0.05) is 0 Å². The van der Waals surface area contributed by atoms with Crippen molar-refractivity contribution >= 4 is 38.7 Å². The third-order valence-corrected chi connectivity index (χ3v) is 7.65. The van der Waals surface area contributed by atoms with Crippen LogP contribution in [-0.2, 0) is 18.2 Å². The minimum Gasteiger partial charge on any atom is -0.790 e. The van der Waals surface area contributed by atoms with Crippen molar-refractivity contribution < 1.29 is 96.9 Å². The molecule has 0 amide bonds. The van der Waals surface area contributed by atoms with E-state index in [0.717, 1.165) is 38.5 Å². The van der Waals surface area contributed by atoms with E-state index in [1.165, 1.54) is 103 Å². The fraction of sp³-hybridized carbons (Fsp3) is 0.933. The molecule has 0 N–H and O–H groups in total. The first kappa shape index (κ1) is 55.1. The zero-order valence-corrected chi connectivity index (χ0v) is 35.6. The van der Waals surface area contributed by atoms with Crippen LogP contribution in [0, 0.1) is 0 Å². The molecular weight excluding hydrogens is 621 g/mol. The fourth-order valence-corrected chi connectivity index (χ4v) is 5.00. The van der Waals surface area contributed by atoms with Crippen molar-refractivity contribution in [1.82, 2.24) is 0 Å². The topological polar surface area (TPSA) is 145 Å². The maximum Gasteiger partial charge on any atom is 2.00 e. The molecule has 0 spiro atoms. The molecule has 0 heterocycles. The van der Waals surface area contributed by atoms with Crippen molar-refractivity contribution in [2.24, 2.45) is 0 Å². The minimum absolute atomic E-state index is 0. The number of unbranched alkanes of at least 4 members (excludes halogenated alkanes) is 21. The Morgan fingerprint density at radius 3 is 0.930 bits per heavy atom. The summed E-state index contributed by atoms with van der Waals surface area (Å²) in [6.45, 7) is 4.54. The van der Waals surface area contributed by atoms with Gasteiger partial charge in [0.25, 0.3) is 0 Å². The Hall–Kier alpha value is 2.73. The Morgan fingerprint density at radius 1 is 0.442 bits per heavy atom. The molecule has 0 aliphatic rings. The van der Waals surface area contributed by atoms with Gasteiger partial charge in [-0.2, -0.15) is 0 Å². The molecule has 242 valence electrons. The second-order valence-electron chi connectivity index (χ2n) is 10.7. The summed E-state index contributed by atoms with van der Waals surface area (Å²) in [6.07, 6.45) is 33.1. The van der Waals surface area contributed by atoms with Crippen molar-refractivity contribution in [2.45, 2.75) is 168 Å². The fourth-order valence-electron chi connectivity index (χ4n) is 4.29. The molecule has 0 radical (unpaired) electrons. The van der Waals surface area contributed by atoms with Gasteiger partial charge in [0.1, 0.15) is 0 Å². The van der Waals surface area contributed by atoms with Crippen molar-refractivity contribution in [3.8, 4) is 0 Å². The van der Waals surface area contributed by atoms with E-state index in [4.69, 9.17) is 0 Å². The van der Waals surface area contributed by atoms with Crippen LogP contribution < -0.4 is 78.7 Å². The van der Waals surface area contributed by atoms with Gasteiger partial charge >= 0.3 is 82.2 Å². The standard InChI is InChI=1S/C18H37O4P.C12H27O4P.Mg.2Na/c1-2-3-4-5-6-7-8-9-10-11-12-13-14-15-16-17-18-22-23(19,20)21;1-2-3-4-5-6-7-8-9-10-11-12-16-17(13,14)15;;;/h9-10H,2-8,11-18H2,1H3,(H2,19,20,21);2-12H2,1H3,(H2,13,14,15);;;/q;;+2;2*+1/p-4. The van der Waals surface area contributed by atoms with Gasteiger partial charge in [0.05, 0.1) is 28.9 Å². The van der Waals surface area contributed by atoms with Crippen LogP contribution in [0.25, 0.3) is 0 Å². The Morgan fingerprint density at radius 2 is 0.674 bits per heavy atom. The molecule has 0 saturated carbocycles. The summed E-state index contributed by atoms with van der Waals surface area (Å²) in [7, 11) is -9.51. The van der Waals surface area contributed by atoms with E-state index in [2.05, 4.69) is 35.0 Å². The van der Waals surface area contributed by atoms with E-state index < -0.39 is 15.6 Å². The summed E-state index contributed by atoms with van der Waals surface area (Å²) in [5, 5.41) is 0. The van der Waals surface area contributed by atoms with Gasteiger partial charge in [-0.3, -0.25) is 0 Å². The summed E-state index contributed by atoms with van der Waals surface area (Å²) in [5.41, 5.74) is 0. The van der Waals surface area contributed by atoms with Crippen LogP contribution in [0.15, 0.2) is 12.2 Å². The van der Waals surface area contributed by atoms with Crippen LogP contribution in [0.2, 0.25) is 0 Å². The molecule has 0 saturated heterocycles. The second-order valence-corrected chi connectivity index (χ2v) is 13.0. The van der Waals surface area contributed by atoms with Crippen molar-refractivity contribution in [3.05, 3.63) is 12.2 Å². The quantitative estimate of drug-likeness (QED) is 0.0497. The summed E-state index contributed by atoms with van der Waals surface area (Å²) >= 11 is 0. The second kappa shape index (κ2) is 42.7. The predicted molar refractivity (Wildman–Crippen MR) is 164 cm³/mol. The summed E-state index contributed by atoms with van der Waals surface area (Å²) in [5.74, 6) is 0. The van der Waals surface area contributed by atoms with Crippen LogP contribution in [0.4, 0.5) is 0 Å². The molecule has 13 heteroatoms. The third kappa shape index (κ3) is 60.5. The summed E-state index contributed by atoms with van der Waals surface area (Å²) in [6, 6.07) is 0. The molecule has 0 unspecified atom stereocenters. The van der Waals surface area contributed by atoms with Crippen LogP contribution in [0.1, 0.15) is 168 Å². The van der Waals surface area contributed by atoms with E-state index in [0.29, 0.717) is 12.8 Å². The molecule has 0 aromatic carbocycles. The van der Waals surface area contributed by atoms with Gasteiger partial charge in [-0.25, -0.2) is 0 Å². The van der Waals surface area contributed by atoms with Crippen molar-refractivity contribution in [3.63, 3.8) is 0 Å². The normalized spacial score (nSPS) is 11.3. The molecule has 0 atom stereocenters. The monoisotopic (exact) mass is 680 g/mol. The zero-order valence-electron chi connectivity index (χ0n) is 28.4. The van der Waals surface area contributed by atoms with Crippen LogP contribution in [0.3, 0.4) is 0 Å². The molecule has 0 aromatic heterocycles. The summed E-state index contributed by atoms with van der Waals surface area (Å²) in [4.78, 5) is 40.8. The smallest absolute Gasteiger partial charge is 0.790 e. The Kier molecular flexibility index (Phi) is 54.8. The molecule has 0 bridgehead atoms. The van der Waals surface area contributed by atoms with E-state index in [9.17, 15) is 28.7 Å². The average Bonchev–Trinajstić information content (AvgIpc) is 2.88. The van der Waals surface area contributed by atoms with Crippen molar-refractivity contribution in [1.29, 1.82) is 0 Å². The van der Waals surface area contributed by atoms with Gasteiger partial charge in [0.2, 0.25) is 0 Å². The first-order valence-corrected chi connectivity index (χ1v) is 19.0. The molecule has 8 nitrogen and oxygen atoms in total. The Labute approximate surface area is 325 Å². The molecule has 0 aliphatic heterocycles. The number of phosphoric acid groups is 2. The van der Waals surface area contributed by atoms with Crippen LogP contribution >= 0.6 is 15.6 Å². The van der Waals surface area contributed by atoms with Gasteiger partial charge in [-0.05, 0) is 38.5 Å². The van der Waals surface area contributed by atoms with E-state index >= 15 is 0 Å². The van der Waals surface area contributed by atoms with Gasteiger partial charge in [-0.15, -0.1) is 0 Å². The van der Waals surface area contributed by atoms with E-state index in [1.54, 1.807) is 0 Å². The molecule has 0 fully saturated rings. The first-order valence-electron chi connectivity index (χ1n) is 16.1. The Balaban J connectivity index is -0.000000217. The maximum absolute atomic E-state index is 10.2. The average molecular weight is 681 g/mol. The summed E-state index contributed by atoms with van der Waals surface area (Å²) < 4.78 is 28.7. The maximum atomic E-state index is 10.2. The SMILES string of the molecule is CCCCCCCCC=CCCCCCCCCOP(=O)([O-])[O-].CCCCCCCCCCCCOP(=O)([O-])[O-].[Mg+2].[Na+].[Na+]. The number of rotatable bonds is 29. The third-order valence-electron chi connectivity index (χ3n) is 6.65. The number of hydrogen-bond donors (Lipinski definition) is 0. The van der Waals surface area contributed by atoms with Gasteiger partial charge in [0.15, 0.2) is 0 Å². The zero-order chi connectivity index (χ0) is 30.2. The van der Waals surface area contributed by atoms with E-state index in [1.807, 2.05) is 0 Å². The predicted octanol–water partition coefficient (Wildman–Crippen LogP) is 1.25. The van der Waals surface area contributed by atoms with Gasteiger partial charge < -0.3 is 37.8 Å². The molecule has 43 heavy (non-hydrogen) atoms. The molecular formula is C30H60MgNa2O8P2. The first-order chi connectivity index (χ1) is 19.1. The Bertz CT molecular complexity index is 637. The molecule has 0 rings (SSSR count). The van der Waals surface area contributed by atoms with Gasteiger partial charge in [-0.1, -0.05) is 142 Å². The van der Waals surface area contributed by atoms with E-state index in [-0.39, 0.29) is 95.4 Å². The molecule has 0 aromatic rings. The van der Waals surface area contributed by atoms with Crippen LogP contribution in [0.5, 0.6) is 0 Å². The number of allylic oxidation sites excluding steroid dienone is 2.